The Balaban J connectivity index is 1.38. The second kappa shape index (κ2) is 9.29. The number of benzene rings is 1. The molecule has 0 unspecified atom stereocenters. The van der Waals surface area contributed by atoms with Crippen molar-refractivity contribution in [1.29, 1.82) is 0 Å². The van der Waals surface area contributed by atoms with Crippen molar-refractivity contribution in [2.75, 3.05) is 24.7 Å². The molecule has 2 heterocycles. The topological polar surface area (TPSA) is 73.3 Å². The van der Waals surface area contributed by atoms with Crippen LogP contribution in [0.1, 0.15) is 6.92 Å². The smallest absolute Gasteiger partial charge is 0.230 e. The van der Waals surface area contributed by atoms with Gasteiger partial charge in [-0.3, -0.25) is 4.79 Å². The number of aromatic nitrogens is 2. The van der Waals surface area contributed by atoms with E-state index in [0.29, 0.717) is 24.7 Å². The van der Waals surface area contributed by atoms with Crippen molar-refractivity contribution in [3.63, 3.8) is 0 Å². The van der Waals surface area contributed by atoms with Gasteiger partial charge in [-0.1, -0.05) is 59.1 Å². The Kier molecular flexibility index (Phi) is 6.81. The third-order valence-corrected chi connectivity index (χ3v) is 6.67. The summed E-state index contributed by atoms with van der Waals surface area (Å²) >= 11 is 4.49. The van der Waals surface area contributed by atoms with E-state index < -0.39 is 0 Å². The molecule has 138 valence electrons. The highest BCUT2D eigenvalue weighted by Gasteiger charge is 2.21. The molecule has 0 saturated heterocycles. The van der Waals surface area contributed by atoms with E-state index in [1.165, 1.54) is 23.1 Å². The molecule has 1 aromatic carbocycles. The first-order chi connectivity index (χ1) is 12.6. The largest absolute Gasteiger partial charge is 0.486 e. The van der Waals surface area contributed by atoms with Gasteiger partial charge < -0.3 is 14.8 Å². The van der Waals surface area contributed by atoms with Gasteiger partial charge in [0.05, 0.1) is 12.3 Å². The van der Waals surface area contributed by atoms with Crippen LogP contribution in [0.3, 0.4) is 0 Å². The number of nitrogens with zero attached hydrogens (tertiary/aromatic N) is 2. The molecule has 2 aromatic rings. The van der Waals surface area contributed by atoms with Gasteiger partial charge in [-0.15, -0.1) is 10.2 Å². The zero-order valence-corrected chi connectivity index (χ0v) is 16.7. The summed E-state index contributed by atoms with van der Waals surface area (Å²) in [7, 11) is 0. The van der Waals surface area contributed by atoms with Gasteiger partial charge in [0, 0.05) is 5.75 Å². The van der Waals surface area contributed by atoms with Crippen molar-refractivity contribution in [1.82, 2.24) is 15.5 Å². The molecule has 0 spiro atoms. The fraction of sp³-hybridized carbons (Fsp3) is 0.353. The van der Waals surface area contributed by atoms with Crippen molar-refractivity contribution in [2.24, 2.45) is 0 Å². The van der Waals surface area contributed by atoms with Crippen molar-refractivity contribution < 1.29 is 14.3 Å². The molecule has 0 bridgehead atoms. The van der Waals surface area contributed by atoms with E-state index in [4.69, 9.17) is 9.47 Å². The molecule has 1 aliphatic heterocycles. The predicted molar refractivity (Wildman–Crippen MR) is 106 cm³/mol. The third kappa shape index (κ3) is 5.65. The zero-order chi connectivity index (χ0) is 18.4. The van der Waals surface area contributed by atoms with Gasteiger partial charge in [0.2, 0.25) is 5.91 Å². The molecular weight excluding hydrogens is 390 g/mol. The third-order valence-electron chi connectivity index (χ3n) is 3.25. The van der Waals surface area contributed by atoms with Gasteiger partial charge in [0.25, 0.3) is 0 Å². The number of carbonyl (C=O) groups excluding carboxylic acids is 1. The second-order valence-electron chi connectivity index (χ2n) is 5.67. The van der Waals surface area contributed by atoms with E-state index in [-0.39, 0.29) is 12.0 Å². The first kappa shape index (κ1) is 19.1. The lowest BCUT2D eigenvalue weighted by Gasteiger charge is -2.26. The Labute approximate surface area is 164 Å². The summed E-state index contributed by atoms with van der Waals surface area (Å²) in [6.45, 7) is 6.67. The molecule has 3 rings (SSSR count). The van der Waals surface area contributed by atoms with Gasteiger partial charge in [-0.05, 0) is 19.1 Å². The number of para-hydroxylation sites is 2. The number of amides is 1. The number of fused-ring (bicyclic) bond motifs is 1. The number of carbonyl (C=O) groups is 1. The lowest BCUT2D eigenvalue weighted by molar-refractivity contribution is -0.119. The van der Waals surface area contributed by atoms with E-state index in [1.54, 1.807) is 11.8 Å². The van der Waals surface area contributed by atoms with Gasteiger partial charge in [0.1, 0.15) is 12.7 Å². The van der Waals surface area contributed by atoms with Gasteiger partial charge in [0.15, 0.2) is 20.2 Å². The summed E-state index contributed by atoms with van der Waals surface area (Å²) in [6, 6.07) is 7.52. The molecular formula is C17H19N3O3S3. The fourth-order valence-corrected chi connectivity index (χ4v) is 4.76. The quantitative estimate of drug-likeness (QED) is 0.530. The van der Waals surface area contributed by atoms with Crippen LogP contribution < -0.4 is 14.8 Å². The Hall–Kier alpha value is -1.71. The lowest BCUT2D eigenvalue weighted by atomic mass is 10.2. The average molecular weight is 410 g/mol. The minimum Gasteiger partial charge on any atom is -0.486 e. The maximum atomic E-state index is 12.0. The predicted octanol–water partition coefficient (Wildman–Crippen LogP) is 3.25. The van der Waals surface area contributed by atoms with E-state index in [9.17, 15) is 4.79 Å². The standard InChI is InChI=1S/C17H19N3O3S3/c1-11(2)9-24-16-19-20-17(26-16)25-10-15(21)18-7-12-8-22-13-5-3-4-6-14(13)23-12/h3-6,12H,1,7-10H2,2H3,(H,18,21)/t12-/m0/s1. The molecule has 0 radical (unpaired) electrons. The van der Waals surface area contributed by atoms with Crippen molar-refractivity contribution in [3.05, 3.63) is 36.4 Å². The molecule has 6 nitrogen and oxygen atoms in total. The Morgan fingerprint density at radius 2 is 1.96 bits per heavy atom. The van der Waals surface area contributed by atoms with Crippen LogP contribution in [0.4, 0.5) is 0 Å². The van der Waals surface area contributed by atoms with E-state index in [0.717, 1.165) is 25.8 Å². The second-order valence-corrected chi connectivity index (χ2v) is 9.09. The Morgan fingerprint density at radius 3 is 2.69 bits per heavy atom. The highest BCUT2D eigenvalue weighted by Crippen LogP contribution is 2.31. The molecule has 9 heteroatoms. The van der Waals surface area contributed by atoms with Crippen LogP contribution in [0.15, 0.2) is 45.1 Å². The number of thioether (sulfide) groups is 2. The molecule has 1 atom stereocenters. The molecule has 1 aliphatic rings. The van der Waals surface area contributed by atoms with Crippen molar-refractivity contribution in [3.8, 4) is 11.5 Å². The molecule has 0 aliphatic carbocycles. The number of ether oxygens (including phenoxy) is 2. The highest BCUT2D eigenvalue weighted by atomic mass is 32.2. The summed E-state index contributed by atoms with van der Waals surface area (Å²) in [4.78, 5) is 12.0. The first-order valence-corrected chi connectivity index (χ1v) is 10.8. The SMILES string of the molecule is C=C(C)CSc1nnc(SCC(=O)NC[C@H]2COc3ccccc3O2)s1. The molecule has 0 fully saturated rings. The zero-order valence-electron chi connectivity index (χ0n) is 14.3. The number of rotatable bonds is 8. The minimum absolute atomic E-state index is 0.0659. The van der Waals surface area contributed by atoms with Crippen LogP contribution in [0, 0.1) is 0 Å². The summed E-state index contributed by atoms with van der Waals surface area (Å²) in [5.41, 5.74) is 1.09. The summed E-state index contributed by atoms with van der Waals surface area (Å²) in [5.74, 6) is 2.50. The van der Waals surface area contributed by atoms with Gasteiger partial charge >= 0.3 is 0 Å². The summed E-state index contributed by atoms with van der Waals surface area (Å²) in [6.07, 6.45) is -0.189. The molecule has 1 N–H and O–H groups in total. The minimum atomic E-state index is -0.189. The monoisotopic (exact) mass is 409 g/mol. The average Bonchev–Trinajstić information content (AvgIpc) is 3.11. The van der Waals surface area contributed by atoms with Crippen LogP contribution in [0.2, 0.25) is 0 Å². The van der Waals surface area contributed by atoms with Crippen LogP contribution in [-0.4, -0.2) is 46.9 Å². The van der Waals surface area contributed by atoms with Crippen LogP contribution >= 0.6 is 34.9 Å². The lowest BCUT2D eigenvalue weighted by Crippen LogP contribution is -2.41. The van der Waals surface area contributed by atoms with Crippen LogP contribution in [0.5, 0.6) is 11.5 Å². The normalized spacial score (nSPS) is 15.5. The number of nitrogens with one attached hydrogen (secondary N) is 1. The summed E-state index contributed by atoms with van der Waals surface area (Å²) < 4.78 is 13.1. The van der Waals surface area contributed by atoms with E-state index in [1.807, 2.05) is 31.2 Å². The fourth-order valence-electron chi connectivity index (χ4n) is 2.07. The van der Waals surface area contributed by atoms with Crippen LogP contribution in [0.25, 0.3) is 0 Å². The van der Waals surface area contributed by atoms with E-state index >= 15 is 0 Å². The Morgan fingerprint density at radius 1 is 1.27 bits per heavy atom. The summed E-state index contributed by atoms with van der Waals surface area (Å²) in [5, 5.41) is 11.1. The molecule has 1 aromatic heterocycles. The van der Waals surface area contributed by atoms with Gasteiger partial charge in [-0.25, -0.2) is 0 Å². The van der Waals surface area contributed by atoms with Crippen molar-refractivity contribution in [2.45, 2.75) is 21.7 Å². The number of hydrogen-bond acceptors (Lipinski definition) is 8. The Bertz CT molecular complexity index is 781. The molecule has 1 amide bonds. The van der Waals surface area contributed by atoms with Gasteiger partial charge in [-0.2, -0.15) is 0 Å². The molecule has 26 heavy (non-hydrogen) atoms. The maximum Gasteiger partial charge on any atom is 0.230 e. The highest BCUT2D eigenvalue weighted by molar-refractivity contribution is 8.03. The number of hydrogen-bond donors (Lipinski definition) is 1. The van der Waals surface area contributed by atoms with E-state index in [2.05, 4.69) is 22.1 Å². The maximum absolute atomic E-state index is 12.0. The van der Waals surface area contributed by atoms with Crippen LogP contribution in [-0.2, 0) is 4.79 Å². The first-order valence-electron chi connectivity index (χ1n) is 7.99. The van der Waals surface area contributed by atoms with Crippen molar-refractivity contribution >= 4 is 40.8 Å². The molecule has 0 saturated carbocycles.